The van der Waals surface area contributed by atoms with Gasteiger partial charge in [-0.3, -0.25) is 4.68 Å². The van der Waals surface area contributed by atoms with Gasteiger partial charge in [0.1, 0.15) is 6.54 Å². The van der Waals surface area contributed by atoms with Gasteiger partial charge in [-0.1, -0.05) is 17.7 Å². The third-order valence-electron chi connectivity index (χ3n) is 3.12. The first-order chi connectivity index (χ1) is 11.1. The number of nitrogens with zero attached hydrogens (tertiary/aromatic N) is 2. The van der Waals surface area contributed by atoms with Crippen molar-refractivity contribution >= 4 is 21.4 Å². The van der Waals surface area contributed by atoms with Crippen LogP contribution in [-0.2, 0) is 29.5 Å². The van der Waals surface area contributed by atoms with E-state index in [2.05, 4.69) is 10.4 Å². The third kappa shape index (κ3) is 5.22. The first-order valence-corrected chi connectivity index (χ1v) is 9.10. The molecule has 0 atom stereocenters. The number of sulfone groups is 1. The van der Waals surface area contributed by atoms with E-state index in [1.54, 1.807) is 12.1 Å². The Bertz CT molecular complexity index is 819. The van der Waals surface area contributed by atoms with Crippen LogP contribution in [0.15, 0.2) is 35.4 Å². The van der Waals surface area contributed by atoms with E-state index in [1.807, 2.05) is 0 Å². The molecule has 0 aliphatic heterocycles. The molecule has 1 heterocycles. The molecule has 0 radical (unpaired) electrons. The first kappa shape index (κ1) is 18.8. The van der Waals surface area contributed by atoms with Gasteiger partial charge in [-0.05, 0) is 18.2 Å². The maximum absolute atomic E-state index is 12.3. The summed E-state index contributed by atoms with van der Waals surface area (Å²) in [6.07, 6.45) is -2.01. The molecule has 5 nitrogen and oxygen atoms in total. The van der Waals surface area contributed by atoms with Crippen LogP contribution in [0.3, 0.4) is 0 Å². The highest BCUT2D eigenvalue weighted by atomic mass is 35.5. The molecule has 0 amide bonds. The van der Waals surface area contributed by atoms with Gasteiger partial charge in [0, 0.05) is 36.1 Å². The zero-order valence-electron chi connectivity index (χ0n) is 12.6. The van der Waals surface area contributed by atoms with Crippen LogP contribution in [-0.4, -0.2) is 30.6 Å². The van der Waals surface area contributed by atoms with Crippen molar-refractivity contribution in [1.29, 1.82) is 0 Å². The van der Waals surface area contributed by atoms with Gasteiger partial charge in [0.25, 0.3) is 0 Å². The van der Waals surface area contributed by atoms with Gasteiger partial charge < -0.3 is 5.32 Å². The zero-order valence-corrected chi connectivity index (χ0v) is 14.2. The van der Waals surface area contributed by atoms with Crippen LogP contribution in [0.1, 0.15) is 11.3 Å². The second kappa shape index (κ2) is 7.12. The van der Waals surface area contributed by atoms with Crippen LogP contribution < -0.4 is 5.32 Å². The molecule has 0 fully saturated rings. The lowest BCUT2D eigenvalue weighted by Gasteiger charge is -2.10. The van der Waals surface area contributed by atoms with E-state index in [4.69, 9.17) is 11.6 Å². The van der Waals surface area contributed by atoms with Crippen LogP contribution in [0.5, 0.6) is 0 Å². The maximum atomic E-state index is 12.3. The smallest absolute Gasteiger partial charge is 0.307 e. The summed E-state index contributed by atoms with van der Waals surface area (Å²) in [5.41, 5.74) is 0.823. The average Bonchev–Trinajstić information content (AvgIpc) is 2.84. The van der Waals surface area contributed by atoms with Crippen molar-refractivity contribution in [3.63, 3.8) is 0 Å². The predicted octanol–water partition coefficient (Wildman–Crippen LogP) is 2.79. The molecule has 0 bridgehead atoms. The van der Waals surface area contributed by atoms with Crippen molar-refractivity contribution < 1.29 is 21.6 Å². The fourth-order valence-electron chi connectivity index (χ4n) is 2.14. The number of nitrogens with one attached hydrogen (secondary N) is 1. The molecule has 132 valence electrons. The summed E-state index contributed by atoms with van der Waals surface area (Å²) in [6, 6.07) is 6.03. The topological polar surface area (TPSA) is 64.0 Å². The monoisotopic (exact) mass is 381 g/mol. The molecule has 0 saturated heterocycles. The van der Waals surface area contributed by atoms with Crippen molar-refractivity contribution in [2.24, 2.45) is 0 Å². The predicted molar refractivity (Wildman–Crippen MR) is 83.4 cm³/mol. The number of hydrogen-bond donors (Lipinski definition) is 1. The lowest BCUT2D eigenvalue weighted by Crippen LogP contribution is -2.19. The molecule has 0 unspecified atom stereocenters. The summed E-state index contributed by atoms with van der Waals surface area (Å²) >= 11 is 6.04. The van der Waals surface area contributed by atoms with Crippen LogP contribution in [0.25, 0.3) is 0 Å². The van der Waals surface area contributed by atoms with Crippen LogP contribution in [0.2, 0.25) is 5.02 Å². The average molecular weight is 382 g/mol. The molecule has 2 rings (SSSR count). The van der Waals surface area contributed by atoms with E-state index in [1.165, 1.54) is 18.3 Å². The number of benzene rings is 1. The second-order valence-corrected chi connectivity index (χ2v) is 7.60. The molecule has 24 heavy (non-hydrogen) atoms. The van der Waals surface area contributed by atoms with Gasteiger partial charge in [0.05, 0.1) is 10.6 Å². The molecule has 1 N–H and O–H groups in total. The molecule has 0 aliphatic rings. The Morgan fingerprint density at radius 2 is 1.96 bits per heavy atom. The van der Waals surface area contributed by atoms with Gasteiger partial charge >= 0.3 is 6.18 Å². The summed E-state index contributed by atoms with van der Waals surface area (Å²) in [4.78, 5) is 0.116. The number of halogens is 4. The highest BCUT2D eigenvalue weighted by molar-refractivity contribution is 7.90. The van der Waals surface area contributed by atoms with Gasteiger partial charge in [-0.25, -0.2) is 8.42 Å². The molecule has 0 spiro atoms. The van der Waals surface area contributed by atoms with Crippen LogP contribution >= 0.6 is 11.6 Å². The lowest BCUT2D eigenvalue weighted by molar-refractivity contribution is -0.142. The summed E-state index contributed by atoms with van der Waals surface area (Å²) < 4.78 is 61.2. The Kier molecular flexibility index (Phi) is 5.56. The molecule has 2 aromatic rings. The van der Waals surface area contributed by atoms with Crippen molar-refractivity contribution in [3.8, 4) is 0 Å². The van der Waals surface area contributed by atoms with Crippen LogP contribution in [0.4, 0.5) is 13.2 Å². The molecule has 0 saturated carbocycles. The van der Waals surface area contributed by atoms with Crippen molar-refractivity contribution in [1.82, 2.24) is 15.1 Å². The number of hydrogen-bond acceptors (Lipinski definition) is 4. The second-order valence-electron chi connectivity index (χ2n) is 5.21. The Morgan fingerprint density at radius 3 is 2.58 bits per heavy atom. The van der Waals surface area contributed by atoms with E-state index in [0.717, 1.165) is 10.9 Å². The largest absolute Gasteiger partial charge is 0.408 e. The minimum atomic E-state index is -4.33. The molecular formula is C14H15ClF3N3O2S. The van der Waals surface area contributed by atoms with E-state index in [-0.39, 0.29) is 18.0 Å². The number of rotatable bonds is 6. The van der Waals surface area contributed by atoms with Gasteiger partial charge in [-0.15, -0.1) is 0 Å². The standard InChI is InChI=1S/C14H15ClF3N3O2S/c1-24(22,23)13-4-2-3-12(15)11(13)8-19-7-10-5-6-21(20-10)9-14(16,17)18/h2-6,19H,7-9H2,1H3. The van der Waals surface area contributed by atoms with Crippen LogP contribution in [0, 0.1) is 0 Å². The van der Waals surface area contributed by atoms with Gasteiger partial charge in [0.15, 0.2) is 9.84 Å². The Labute approximate surface area is 142 Å². The lowest BCUT2D eigenvalue weighted by atomic mass is 10.2. The van der Waals surface area contributed by atoms with Gasteiger partial charge in [0.2, 0.25) is 0 Å². The Hall–Kier alpha value is -1.58. The van der Waals surface area contributed by atoms with Crippen molar-refractivity contribution in [2.45, 2.75) is 30.7 Å². The third-order valence-corrected chi connectivity index (χ3v) is 4.66. The van der Waals surface area contributed by atoms with E-state index in [0.29, 0.717) is 16.3 Å². The summed E-state index contributed by atoms with van der Waals surface area (Å²) in [6.45, 7) is -0.830. The quantitative estimate of drug-likeness (QED) is 0.835. The summed E-state index contributed by atoms with van der Waals surface area (Å²) in [7, 11) is -3.44. The van der Waals surface area contributed by atoms with Gasteiger partial charge in [-0.2, -0.15) is 18.3 Å². The molecule has 1 aromatic heterocycles. The highest BCUT2D eigenvalue weighted by Crippen LogP contribution is 2.24. The molecule has 0 aliphatic carbocycles. The molecule has 10 heteroatoms. The van der Waals surface area contributed by atoms with Crippen molar-refractivity contribution in [2.75, 3.05) is 6.26 Å². The fourth-order valence-corrected chi connectivity index (χ4v) is 3.40. The molecule has 1 aromatic carbocycles. The fraction of sp³-hybridized carbons (Fsp3) is 0.357. The van der Waals surface area contributed by atoms with E-state index >= 15 is 0 Å². The Morgan fingerprint density at radius 1 is 1.25 bits per heavy atom. The SMILES string of the molecule is CS(=O)(=O)c1cccc(Cl)c1CNCc1ccn(CC(F)(F)F)n1. The first-order valence-electron chi connectivity index (χ1n) is 6.83. The Balaban J connectivity index is 2.03. The maximum Gasteiger partial charge on any atom is 0.408 e. The minimum Gasteiger partial charge on any atom is -0.307 e. The van der Waals surface area contributed by atoms with E-state index in [9.17, 15) is 21.6 Å². The zero-order chi connectivity index (χ0) is 18.0. The normalized spacial score (nSPS) is 12.5. The number of alkyl halides is 3. The van der Waals surface area contributed by atoms with E-state index < -0.39 is 22.6 Å². The number of aromatic nitrogens is 2. The minimum absolute atomic E-state index is 0.116. The summed E-state index contributed by atoms with van der Waals surface area (Å²) in [5.74, 6) is 0. The molecular weight excluding hydrogens is 367 g/mol. The summed E-state index contributed by atoms with van der Waals surface area (Å²) in [5, 5.41) is 7.04. The van der Waals surface area contributed by atoms with Crippen molar-refractivity contribution in [3.05, 3.63) is 46.7 Å². The highest BCUT2D eigenvalue weighted by Gasteiger charge is 2.28.